The smallest absolute Gasteiger partial charge is 0.227 e. The van der Waals surface area contributed by atoms with Crippen molar-refractivity contribution < 1.29 is 4.79 Å². The lowest BCUT2D eigenvalue weighted by Gasteiger charge is -2.38. The summed E-state index contributed by atoms with van der Waals surface area (Å²) in [4.78, 5) is 18.2. The van der Waals surface area contributed by atoms with Crippen molar-refractivity contribution in [3.8, 4) is 0 Å². The maximum atomic E-state index is 13.2. The molecule has 0 unspecified atom stereocenters. The van der Waals surface area contributed by atoms with Crippen molar-refractivity contribution >= 4 is 5.91 Å². The predicted octanol–water partition coefficient (Wildman–Crippen LogP) is 3.63. The quantitative estimate of drug-likeness (QED) is 0.763. The summed E-state index contributed by atoms with van der Waals surface area (Å²) in [5, 5.41) is 3.39. The Kier molecular flexibility index (Phi) is 7.25. The molecular weight excluding hydrogens is 358 g/mol. The largest absolute Gasteiger partial charge is 0.339 e. The van der Waals surface area contributed by atoms with Crippen LogP contribution in [0.1, 0.15) is 56.1 Å². The Morgan fingerprint density at radius 1 is 1.10 bits per heavy atom. The highest BCUT2D eigenvalue weighted by atomic mass is 16.2. The summed E-state index contributed by atoms with van der Waals surface area (Å²) < 4.78 is 0. The van der Waals surface area contributed by atoms with Gasteiger partial charge in [-0.15, -0.1) is 0 Å². The molecule has 1 aromatic rings. The first-order valence-electron chi connectivity index (χ1n) is 12.0. The number of rotatable bonds is 7. The van der Waals surface area contributed by atoms with E-state index in [1.165, 1.54) is 62.7 Å². The Labute approximate surface area is 177 Å². The van der Waals surface area contributed by atoms with Gasteiger partial charge in [0.05, 0.1) is 5.92 Å². The number of likely N-dealkylation sites (tertiary alicyclic amines) is 1. The first kappa shape index (κ1) is 20.9. The third-order valence-electron chi connectivity index (χ3n) is 7.58. The molecule has 0 aromatic heterocycles. The molecule has 1 N–H and O–H groups in total. The van der Waals surface area contributed by atoms with Gasteiger partial charge < -0.3 is 15.1 Å². The number of piperidine rings is 1. The van der Waals surface area contributed by atoms with Gasteiger partial charge in [0.15, 0.2) is 0 Å². The highest BCUT2D eigenvalue weighted by molar-refractivity contribution is 5.79. The third-order valence-corrected chi connectivity index (χ3v) is 7.58. The number of hydrogen-bond donors (Lipinski definition) is 1. The lowest BCUT2D eigenvalue weighted by Crippen LogP contribution is -2.47. The zero-order valence-electron chi connectivity index (χ0n) is 18.2. The van der Waals surface area contributed by atoms with E-state index in [4.69, 9.17) is 0 Å². The normalized spacial score (nSPS) is 24.2. The number of aryl methyl sites for hydroxylation is 1. The van der Waals surface area contributed by atoms with Gasteiger partial charge in [0.2, 0.25) is 5.91 Å². The molecule has 3 fully saturated rings. The summed E-state index contributed by atoms with van der Waals surface area (Å²) in [6.07, 6.45) is 9.71. The summed E-state index contributed by atoms with van der Waals surface area (Å²) >= 11 is 0. The van der Waals surface area contributed by atoms with Crippen LogP contribution in [-0.4, -0.2) is 61.0 Å². The fraction of sp³-hybridized carbons (Fsp3) is 0.720. The van der Waals surface area contributed by atoms with Crippen LogP contribution in [0.5, 0.6) is 0 Å². The first-order valence-corrected chi connectivity index (χ1v) is 12.0. The number of nitrogens with zero attached hydrogens (tertiary/aromatic N) is 2. The molecule has 2 saturated heterocycles. The van der Waals surface area contributed by atoms with Gasteiger partial charge in [-0.2, -0.15) is 0 Å². The van der Waals surface area contributed by atoms with Gasteiger partial charge >= 0.3 is 0 Å². The van der Waals surface area contributed by atoms with Crippen molar-refractivity contribution in [2.75, 3.05) is 39.3 Å². The van der Waals surface area contributed by atoms with Crippen LogP contribution in [0, 0.1) is 18.8 Å². The molecule has 4 heteroatoms. The van der Waals surface area contributed by atoms with Crippen LogP contribution in [0.2, 0.25) is 0 Å². The Bertz CT molecular complexity index is 656. The standard InChI is InChI=1S/C25H39N3O/c1-20-6-2-3-7-22(20)13-17-27-15-11-21(12-16-27)19-28(24-8-4-5-9-24)25(29)23-10-14-26-18-23/h2-3,6-7,21,23-24,26H,4-5,8-19H2,1H3/t23-/m0/s1. The molecule has 2 aliphatic heterocycles. The van der Waals surface area contributed by atoms with Gasteiger partial charge in [0.1, 0.15) is 0 Å². The zero-order valence-corrected chi connectivity index (χ0v) is 18.2. The molecule has 3 aliphatic rings. The average Bonchev–Trinajstić information content (AvgIpc) is 3.46. The minimum Gasteiger partial charge on any atom is -0.339 e. The van der Waals surface area contributed by atoms with E-state index in [0.717, 1.165) is 39.0 Å². The van der Waals surface area contributed by atoms with Crippen molar-refractivity contribution in [3.05, 3.63) is 35.4 Å². The van der Waals surface area contributed by atoms with E-state index >= 15 is 0 Å². The summed E-state index contributed by atoms with van der Waals surface area (Å²) in [6, 6.07) is 9.29. The second kappa shape index (κ2) is 10.1. The number of hydrogen-bond acceptors (Lipinski definition) is 3. The van der Waals surface area contributed by atoms with E-state index in [9.17, 15) is 4.79 Å². The second-order valence-electron chi connectivity index (χ2n) is 9.58. The van der Waals surface area contributed by atoms with E-state index in [1.54, 1.807) is 0 Å². The second-order valence-corrected chi connectivity index (χ2v) is 9.58. The molecule has 2 heterocycles. The molecule has 1 atom stereocenters. The highest BCUT2D eigenvalue weighted by Gasteiger charge is 2.34. The third kappa shape index (κ3) is 5.40. The molecule has 0 bridgehead atoms. The number of carbonyl (C=O) groups is 1. The molecule has 29 heavy (non-hydrogen) atoms. The van der Waals surface area contributed by atoms with Crippen LogP contribution < -0.4 is 5.32 Å². The van der Waals surface area contributed by atoms with Crippen LogP contribution in [-0.2, 0) is 11.2 Å². The monoisotopic (exact) mass is 397 g/mol. The molecule has 160 valence electrons. The van der Waals surface area contributed by atoms with E-state index in [-0.39, 0.29) is 5.92 Å². The van der Waals surface area contributed by atoms with Gasteiger partial charge in [0, 0.05) is 25.7 Å². The van der Waals surface area contributed by atoms with Crippen LogP contribution in [0.15, 0.2) is 24.3 Å². The summed E-state index contributed by atoms with van der Waals surface area (Å²) in [5.74, 6) is 1.36. The van der Waals surface area contributed by atoms with Gasteiger partial charge in [0.25, 0.3) is 0 Å². The highest BCUT2D eigenvalue weighted by Crippen LogP contribution is 2.29. The number of amides is 1. The molecular formula is C25H39N3O. The minimum atomic E-state index is 0.227. The van der Waals surface area contributed by atoms with Gasteiger partial charge in [-0.05, 0) is 82.1 Å². The maximum absolute atomic E-state index is 13.2. The lowest BCUT2D eigenvalue weighted by molar-refractivity contribution is -0.138. The molecule has 1 saturated carbocycles. The SMILES string of the molecule is Cc1ccccc1CCN1CCC(CN(C(=O)[C@H]2CCNC2)C2CCCC2)CC1. The van der Waals surface area contributed by atoms with E-state index in [0.29, 0.717) is 17.9 Å². The Hall–Kier alpha value is -1.39. The Morgan fingerprint density at radius 2 is 1.86 bits per heavy atom. The summed E-state index contributed by atoms with van der Waals surface area (Å²) in [7, 11) is 0. The Morgan fingerprint density at radius 3 is 2.55 bits per heavy atom. The van der Waals surface area contributed by atoms with Crippen molar-refractivity contribution in [1.29, 1.82) is 0 Å². The van der Waals surface area contributed by atoms with Gasteiger partial charge in [-0.1, -0.05) is 37.1 Å². The van der Waals surface area contributed by atoms with Gasteiger partial charge in [-0.25, -0.2) is 0 Å². The molecule has 0 radical (unpaired) electrons. The topological polar surface area (TPSA) is 35.6 Å². The van der Waals surface area contributed by atoms with Crippen LogP contribution in [0.4, 0.5) is 0 Å². The van der Waals surface area contributed by atoms with Crippen molar-refractivity contribution in [3.63, 3.8) is 0 Å². The van der Waals surface area contributed by atoms with E-state index < -0.39 is 0 Å². The van der Waals surface area contributed by atoms with Crippen LogP contribution in [0.3, 0.4) is 0 Å². The zero-order chi connectivity index (χ0) is 20.1. The van der Waals surface area contributed by atoms with Crippen molar-refractivity contribution in [1.82, 2.24) is 15.1 Å². The lowest BCUT2D eigenvalue weighted by atomic mass is 9.94. The summed E-state index contributed by atoms with van der Waals surface area (Å²) in [6.45, 7) is 8.66. The first-order chi connectivity index (χ1) is 14.2. The fourth-order valence-corrected chi connectivity index (χ4v) is 5.57. The van der Waals surface area contributed by atoms with E-state index in [2.05, 4.69) is 46.3 Å². The molecule has 0 spiro atoms. The average molecular weight is 398 g/mol. The Balaban J connectivity index is 1.27. The predicted molar refractivity (Wildman–Crippen MR) is 119 cm³/mol. The fourth-order valence-electron chi connectivity index (χ4n) is 5.57. The number of benzene rings is 1. The number of nitrogens with one attached hydrogen (secondary N) is 1. The summed E-state index contributed by atoms with van der Waals surface area (Å²) in [5.41, 5.74) is 2.90. The van der Waals surface area contributed by atoms with Crippen LogP contribution >= 0.6 is 0 Å². The maximum Gasteiger partial charge on any atom is 0.227 e. The van der Waals surface area contributed by atoms with Gasteiger partial charge in [-0.3, -0.25) is 4.79 Å². The van der Waals surface area contributed by atoms with Crippen LogP contribution in [0.25, 0.3) is 0 Å². The molecule has 1 amide bonds. The number of carbonyl (C=O) groups excluding carboxylic acids is 1. The molecule has 1 aromatic carbocycles. The molecule has 1 aliphatic carbocycles. The van der Waals surface area contributed by atoms with Crippen molar-refractivity contribution in [2.24, 2.45) is 11.8 Å². The molecule has 4 rings (SSSR count). The van der Waals surface area contributed by atoms with E-state index in [1.807, 2.05) is 0 Å². The molecule has 4 nitrogen and oxygen atoms in total. The van der Waals surface area contributed by atoms with Crippen molar-refractivity contribution in [2.45, 2.75) is 64.3 Å². The minimum absolute atomic E-state index is 0.227.